The van der Waals surface area contributed by atoms with Crippen molar-refractivity contribution >= 4 is 11.8 Å². The molecule has 0 aliphatic heterocycles. The number of hydrogen-bond acceptors (Lipinski definition) is 2. The molecule has 2 aromatic carbocycles. The van der Waals surface area contributed by atoms with E-state index in [0.717, 1.165) is 38.5 Å². The van der Waals surface area contributed by atoms with Crippen molar-refractivity contribution < 1.29 is 14.0 Å². The second-order valence-electron chi connectivity index (χ2n) is 7.88. The molecule has 0 spiro atoms. The van der Waals surface area contributed by atoms with Crippen LogP contribution in [0.5, 0.6) is 0 Å². The molecule has 0 bridgehead atoms. The fourth-order valence-corrected chi connectivity index (χ4v) is 4.29. The molecule has 2 aromatic rings. The third kappa shape index (κ3) is 5.22. The van der Waals surface area contributed by atoms with Gasteiger partial charge < -0.3 is 11.1 Å². The maximum Gasteiger partial charge on any atom is 0.244 e. The molecule has 5 heteroatoms. The van der Waals surface area contributed by atoms with Crippen LogP contribution >= 0.6 is 0 Å². The minimum Gasteiger partial charge on any atom is -0.368 e. The molecule has 0 heterocycles. The highest BCUT2D eigenvalue weighted by atomic mass is 19.1. The van der Waals surface area contributed by atoms with Crippen molar-refractivity contribution in [3.05, 3.63) is 71.0 Å². The Morgan fingerprint density at radius 2 is 1.72 bits per heavy atom. The number of nitrogens with one attached hydrogen (secondary N) is 1. The number of primary amides is 1. The summed E-state index contributed by atoms with van der Waals surface area (Å²) in [5.74, 6) is -1.30. The molecular weight excluding hydrogens is 367 g/mol. The van der Waals surface area contributed by atoms with Gasteiger partial charge in [-0.2, -0.15) is 0 Å². The van der Waals surface area contributed by atoms with Gasteiger partial charge in [0.2, 0.25) is 11.8 Å². The number of amides is 2. The Kier molecular flexibility index (Phi) is 7.02. The predicted molar refractivity (Wildman–Crippen MR) is 112 cm³/mol. The summed E-state index contributed by atoms with van der Waals surface area (Å²) >= 11 is 0. The Labute approximate surface area is 171 Å². The number of aryl methyl sites for hydroxylation is 1. The van der Waals surface area contributed by atoms with E-state index in [1.807, 2.05) is 0 Å². The Hall–Kier alpha value is -2.69. The number of rotatable bonds is 7. The third-order valence-corrected chi connectivity index (χ3v) is 5.82. The molecule has 0 saturated heterocycles. The summed E-state index contributed by atoms with van der Waals surface area (Å²) in [6, 6.07) is 13.1. The van der Waals surface area contributed by atoms with E-state index < -0.39 is 17.8 Å². The first-order valence-corrected chi connectivity index (χ1v) is 10.4. The Morgan fingerprint density at radius 3 is 2.34 bits per heavy atom. The molecule has 1 unspecified atom stereocenters. The molecule has 4 nitrogen and oxygen atoms in total. The van der Waals surface area contributed by atoms with Crippen molar-refractivity contribution in [3.8, 4) is 0 Å². The summed E-state index contributed by atoms with van der Waals surface area (Å²) in [6.45, 7) is 2.16. The zero-order valence-corrected chi connectivity index (χ0v) is 16.9. The lowest BCUT2D eigenvalue weighted by Crippen LogP contribution is -2.42. The fourth-order valence-electron chi connectivity index (χ4n) is 4.29. The van der Waals surface area contributed by atoms with Crippen LogP contribution in [0.3, 0.4) is 0 Å². The number of nitrogens with two attached hydrogens (primary N) is 1. The quantitative estimate of drug-likeness (QED) is 0.728. The van der Waals surface area contributed by atoms with Gasteiger partial charge in [0.05, 0.1) is 0 Å². The van der Waals surface area contributed by atoms with Gasteiger partial charge in [-0.3, -0.25) is 9.59 Å². The van der Waals surface area contributed by atoms with Crippen LogP contribution in [0.4, 0.5) is 4.39 Å². The first-order chi connectivity index (χ1) is 14.0. The molecule has 3 rings (SSSR count). The molecule has 1 saturated carbocycles. The third-order valence-electron chi connectivity index (χ3n) is 5.82. The topological polar surface area (TPSA) is 72.2 Å². The van der Waals surface area contributed by atoms with Crippen molar-refractivity contribution in [2.24, 2.45) is 11.7 Å². The van der Waals surface area contributed by atoms with Crippen LogP contribution in [-0.4, -0.2) is 11.8 Å². The number of benzene rings is 2. The van der Waals surface area contributed by atoms with E-state index in [2.05, 4.69) is 36.5 Å². The number of halogens is 1. The summed E-state index contributed by atoms with van der Waals surface area (Å²) in [6.07, 6.45) is 5.95. The Balaban J connectivity index is 1.77. The van der Waals surface area contributed by atoms with Gasteiger partial charge in [0.15, 0.2) is 0 Å². The van der Waals surface area contributed by atoms with Crippen molar-refractivity contribution in [2.45, 2.75) is 57.4 Å². The van der Waals surface area contributed by atoms with E-state index in [9.17, 15) is 14.0 Å². The average Bonchev–Trinajstić information content (AvgIpc) is 2.73. The van der Waals surface area contributed by atoms with E-state index in [-0.39, 0.29) is 17.7 Å². The first kappa shape index (κ1) is 21.0. The van der Waals surface area contributed by atoms with Crippen molar-refractivity contribution in [3.63, 3.8) is 0 Å². The van der Waals surface area contributed by atoms with E-state index in [1.54, 1.807) is 0 Å². The second-order valence-corrected chi connectivity index (χ2v) is 7.88. The number of carbonyl (C=O) groups excluding carboxylic acids is 2. The summed E-state index contributed by atoms with van der Waals surface area (Å²) in [4.78, 5) is 25.1. The standard InChI is InChI=1S/C24H29FN2O2/c1-2-5-16-8-10-17(11-9-16)20-6-3-4-7-21(20)24(29)27-22(23(26)28)18-12-14-19(25)15-13-18/h8-15,20-22H,2-7H2,1H3,(H2,26,28)(H,27,29)/t20-,21+,22?/m0/s1. The molecule has 1 aliphatic rings. The lowest BCUT2D eigenvalue weighted by Gasteiger charge is -2.32. The highest BCUT2D eigenvalue weighted by Crippen LogP contribution is 2.38. The largest absolute Gasteiger partial charge is 0.368 e. The zero-order valence-electron chi connectivity index (χ0n) is 16.9. The minimum atomic E-state index is -0.961. The van der Waals surface area contributed by atoms with Gasteiger partial charge in [0.25, 0.3) is 0 Å². The van der Waals surface area contributed by atoms with Crippen molar-refractivity contribution in [1.82, 2.24) is 5.32 Å². The zero-order chi connectivity index (χ0) is 20.8. The molecule has 2 amide bonds. The lowest BCUT2D eigenvalue weighted by atomic mass is 9.74. The second kappa shape index (κ2) is 9.68. The molecule has 3 N–H and O–H groups in total. The van der Waals surface area contributed by atoms with Gasteiger partial charge >= 0.3 is 0 Å². The lowest BCUT2D eigenvalue weighted by molar-refractivity contribution is -0.131. The van der Waals surface area contributed by atoms with Gasteiger partial charge in [0, 0.05) is 5.92 Å². The van der Waals surface area contributed by atoms with Crippen molar-refractivity contribution in [2.75, 3.05) is 0 Å². The van der Waals surface area contributed by atoms with E-state index >= 15 is 0 Å². The molecule has 0 aromatic heterocycles. The van der Waals surface area contributed by atoms with Crippen LogP contribution in [0.25, 0.3) is 0 Å². The van der Waals surface area contributed by atoms with E-state index in [4.69, 9.17) is 5.73 Å². The molecule has 154 valence electrons. The van der Waals surface area contributed by atoms with E-state index in [1.165, 1.54) is 35.4 Å². The molecular formula is C24H29FN2O2. The van der Waals surface area contributed by atoms with Gasteiger partial charge in [0.1, 0.15) is 11.9 Å². The minimum absolute atomic E-state index is 0.126. The molecule has 1 fully saturated rings. The molecule has 1 aliphatic carbocycles. The highest BCUT2D eigenvalue weighted by Gasteiger charge is 2.34. The van der Waals surface area contributed by atoms with Gasteiger partial charge in [-0.05, 0) is 54.0 Å². The molecule has 29 heavy (non-hydrogen) atoms. The predicted octanol–water partition coefficient (Wildman–Crippen LogP) is 4.39. The SMILES string of the molecule is CCCc1ccc([C@@H]2CCCC[C@H]2C(=O)NC(C(N)=O)c2ccc(F)cc2)cc1. The summed E-state index contributed by atoms with van der Waals surface area (Å²) in [5, 5.41) is 2.82. The normalized spacial score (nSPS) is 20.1. The maximum absolute atomic E-state index is 13.2. The van der Waals surface area contributed by atoms with Crippen LogP contribution in [-0.2, 0) is 16.0 Å². The highest BCUT2D eigenvalue weighted by molar-refractivity contribution is 5.89. The molecule has 0 radical (unpaired) electrons. The van der Waals surface area contributed by atoms with Crippen molar-refractivity contribution in [1.29, 1.82) is 0 Å². The average molecular weight is 397 g/mol. The summed E-state index contributed by atoms with van der Waals surface area (Å²) < 4.78 is 13.2. The van der Waals surface area contributed by atoms with Crippen LogP contribution in [0.1, 0.15) is 67.7 Å². The molecule has 3 atom stereocenters. The summed E-state index contributed by atoms with van der Waals surface area (Å²) in [7, 11) is 0. The van der Waals surface area contributed by atoms with Crippen LogP contribution in [0, 0.1) is 11.7 Å². The van der Waals surface area contributed by atoms with Crippen LogP contribution in [0.2, 0.25) is 0 Å². The van der Waals surface area contributed by atoms with Gasteiger partial charge in [-0.15, -0.1) is 0 Å². The maximum atomic E-state index is 13.2. The van der Waals surface area contributed by atoms with E-state index in [0.29, 0.717) is 5.56 Å². The van der Waals surface area contributed by atoms with Gasteiger partial charge in [-0.1, -0.05) is 62.6 Å². The summed E-state index contributed by atoms with van der Waals surface area (Å²) in [5.41, 5.74) is 8.49. The van der Waals surface area contributed by atoms with Gasteiger partial charge in [-0.25, -0.2) is 4.39 Å². The Morgan fingerprint density at radius 1 is 1.07 bits per heavy atom. The monoisotopic (exact) mass is 396 g/mol. The first-order valence-electron chi connectivity index (χ1n) is 10.4. The van der Waals surface area contributed by atoms with Crippen LogP contribution < -0.4 is 11.1 Å². The number of carbonyl (C=O) groups is 2. The number of hydrogen-bond donors (Lipinski definition) is 2. The smallest absolute Gasteiger partial charge is 0.244 e. The van der Waals surface area contributed by atoms with Crippen LogP contribution in [0.15, 0.2) is 48.5 Å². The fraction of sp³-hybridized carbons (Fsp3) is 0.417. The Bertz CT molecular complexity index is 833.